The van der Waals surface area contributed by atoms with Crippen molar-refractivity contribution in [3.8, 4) is 0 Å². The Balaban J connectivity index is 1.98. The standard InChI is InChI=1S/C19H38O4Si2/c1-9-20-17-13-15-14-24(5,6)23-18(15)16(22-17)11-10-12-21-25(7,8)19(2,3)4/h10-11,15-18H,9,12-14H2,1-8H3/b11-10+/t15-,16-,17+,18+/m1/s1. The van der Waals surface area contributed by atoms with E-state index in [-0.39, 0.29) is 23.5 Å². The van der Waals surface area contributed by atoms with Crippen LogP contribution in [0.5, 0.6) is 0 Å². The second-order valence-corrected chi connectivity index (χ2v) is 18.5. The predicted molar refractivity (Wildman–Crippen MR) is 108 cm³/mol. The highest BCUT2D eigenvalue weighted by Gasteiger charge is 2.49. The molecule has 25 heavy (non-hydrogen) atoms. The Kier molecular flexibility index (Phi) is 6.77. The van der Waals surface area contributed by atoms with Crippen LogP contribution in [-0.2, 0) is 18.3 Å². The van der Waals surface area contributed by atoms with Crippen LogP contribution in [0.4, 0.5) is 0 Å². The van der Waals surface area contributed by atoms with Gasteiger partial charge in [-0.1, -0.05) is 32.9 Å². The van der Waals surface area contributed by atoms with Crippen LogP contribution in [0, 0.1) is 5.92 Å². The van der Waals surface area contributed by atoms with Crippen LogP contribution in [0.15, 0.2) is 12.2 Å². The molecule has 2 aliphatic heterocycles. The number of fused-ring (bicyclic) bond motifs is 1. The van der Waals surface area contributed by atoms with Gasteiger partial charge in [0.05, 0.1) is 12.7 Å². The van der Waals surface area contributed by atoms with Crippen molar-refractivity contribution >= 4 is 16.6 Å². The van der Waals surface area contributed by atoms with E-state index in [1.807, 2.05) is 6.92 Å². The first-order valence-electron chi connectivity index (χ1n) is 9.71. The third kappa shape index (κ3) is 5.50. The highest BCUT2D eigenvalue weighted by atomic mass is 28.4. The van der Waals surface area contributed by atoms with Crippen LogP contribution in [-0.4, -0.2) is 48.3 Å². The van der Waals surface area contributed by atoms with Gasteiger partial charge in [-0.15, -0.1) is 0 Å². The lowest BCUT2D eigenvalue weighted by molar-refractivity contribution is -0.213. The fraction of sp³-hybridized carbons (Fsp3) is 0.895. The van der Waals surface area contributed by atoms with Crippen molar-refractivity contribution in [3.05, 3.63) is 12.2 Å². The minimum Gasteiger partial charge on any atom is -0.413 e. The monoisotopic (exact) mass is 386 g/mol. The van der Waals surface area contributed by atoms with Crippen LogP contribution >= 0.6 is 0 Å². The van der Waals surface area contributed by atoms with Crippen LogP contribution in [0.2, 0.25) is 37.3 Å². The molecule has 0 aromatic carbocycles. The lowest BCUT2D eigenvalue weighted by Gasteiger charge is -2.37. The van der Waals surface area contributed by atoms with E-state index in [2.05, 4.69) is 59.1 Å². The fourth-order valence-electron chi connectivity index (χ4n) is 3.48. The van der Waals surface area contributed by atoms with Gasteiger partial charge in [0.2, 0.25) is 0 Å². The molecule has 0 unspecified atom stereocenters. The van der Waals surface area contributed by atoms with Crippen LogP contribution in [0.1, 0.15) is 34.1 Å². The van der Waals surface area contributed by atoms with Crippen molar-refractivity contribution in [3.63, 3.8) is 0 Å². The summed E-state index contributed by atoms with van der Waals surface area (Å²) in [7, 11) is -3.27. The van der Waals surface area contributed by atoms with Crippen molar-refractivity contribution in [2.45, 2.75) is 89.9 Å². The van der Waals surface area contributed by atoms with Crippen molar-refractivity contribution in [2.75, 3.05) is 13.2 Å². The first-order valence-corrected chi connectivity index (χ1v) is 15.7. The molecule has 6 heteroatoms. The zero-order valence-electron chi connectivity index (χ0n) is 17.4. The molecule has 0 aliphatic carbocycles. The molecule has 0 radical (unpaired) electrons. The Labute approximate surface area is 156 Å². The van der Waals surface area contributed by atoms with Crippen molar-refractivity contribution in [2.24, 2.45) is 5.92 Å². The van der Waals surface area contributed by atoms with Gasteiger partial charge in [-0.3, -0.25) is 0 Å². The minimum absolute atomic E-state index is 0.0207. The molecule has 0 aromatic heterocycles. The summed E-state index contributed by atoms with van der Waals surface area (Å²) in [5, 5.41) is 0.234. The van der Waals surface area contributed by atoms with Gasteiger partial charge in [-0.05, 0) is 50.1 Å². The van der Waals surface area contributed by atoms with Crippen molar-refractivity contribution in [1.82, 2.24) is 0 Å². The van der Waals surface area contributed by atoms with Gasteiger partial charge >= 0.3 is 0 Å². The summed E-state index contributed by atoms with van der Waals surface area (Å²) < 4.78 is 24.6. The molecule has 4 nitrogen and oxygen atoms in total. The Hall–Kier alpha value is 0.0138. The molecule has 2 rings (SSSR count). The van der Waals surface area contributed by atoms with Gasteiger partial charge in [0.25, 0.3) is 0 Å². The topological polar surface area (TPSA) is 36.9 Å². The van der Waals surface area contributed by atoms with E-state index in [0.717, 1.165) is 6.42 Å². The molecule has 2 aliphatic rings. The number of hydrogen-bond donors (Lipinski definition) is 0. The van der Waals surface area contributed by atoms with Gasteiger partial charge in [-0.25, -0.2) is 0 Å². The lowest BCUT2D eigenvalue weighted by atomic mass is 9.93. The van der Waals surface area contributed by atoms with E-state index >= 15 is 0 Å². The van der Waals surface area contributed by atoms with E-state index in [4.69, 9.17) is 18.3 Å². The van der Waals surface area contributed by atoms with E-state index in [1.54, 1.807) is 0 Å². The highest BCUT2D eigenvalue weighted by Crippen LogP contribution is 2.42. The van der Waals surface area contributed by atoms with Gasteiger partial charge < -0.3 is 18.3 Å². The Morgan fingerprint density at radius 2 is 1.92 bits per heavy atom. The van der Waals surface area contributed by atoms with E-state index in [1.165, 1.54) is 6.04 Å². The molecule has 0 amide bonds. The summed E-state index contributed by atoms with van der Waals surface area (Å²) in [5.41, 5.74) is 0. The SMILES string of the molecule is CCO[C@@H]1C[C@@H]2C[Si](C)(C)O[C@@H]2[C@@H](/C=C/CO[Si](C)(C)C(C)(C)C)O1. The first-order chi connectivity index (χ1) is 11.5. The normalized spacial score (nSPS) is 33.0. The van der Waals surface area contributed by atoms with Gasteiger partial charge in [0, 0.05) is 13.0 Å². The molecule has 0 aromatic rings. The first kappa shape index (κ1) is 21.3. The average molecular weight is 387 g/mol. The molecule has 2 saturated heterocycles. The molecule has 146 valence electrons. The molecule has 4 atom stereocenters. The molecule has 2 fully saturated rings. The molecule has 0 bridgehead atoms. The Morgan fingerprint density at radius 1 is 1.24 bits per heavy atom. The maximum Gasteiger partial charge on any atom is 0.192 e. The van der Waals surface area contributed by atoms with Crippen molar-refractivity contribution < 1.29 is 18.3 Å². The highest BCUT2D eigenvalue weighted by molar-refractivity contribution is 6.74. The second kappa shape index (κ2) is 7.94. The predicted octanol–water partition coefficient (Wildman–Crippen LogP) is 4.94. The number of ether oxygens (including phenoxy) is 2. The summed E-state index contributed by atoms with van der Waals surface area (Å²) in [5.74, 6) is 0.558. The third-order valence-corrected chi connectivity index (χ3v) is 12.7. The molecule has 0 spiro atoms. The Morgan fingerprint density at radius 3 is 2.52 bits per heavy atom. The minimum atomic E-state index is -1.71. The lowest BCUT2D eigenvalue weighted by Crippen LogP contribution is -2.44. The van der Waals surface area contributed by atoms with Gasteiger partial charge in [0.1, 0.15) is 6.10 Å². The number of hydrogen-bond acceptors (Lipinski definition) is 4. The maximum atomic E-state index is 6.42. The zero-order chi connectivity index (χ0) is 18.9. The van der Waals surface area contributed by atoms with Gasteiger partial charge in [-0.2, -0.15) is 0 Å². The second-order valence-electron chi connectivity index (χ2n) is 9.53. The fourth-order valence-corrected chi connectivity index (χ4v) is 7.25. The smallest absolute Gasteiger partial charge is 0.192 e. The summed E-state index contributed by atoms with van der Waals surface area (Å²) in [6.07, 6.45) is 5.28. The van der Waals surface area contributed by atoms with Crippen molar-refractivity contribution in [1.29, 1.82) is 0 Å². The van der Waals surface area contributed by atoms with E-state index < -0.39 is 16.6 Å². The maximum absolute atomic E-state index is 6.42. The van der Waals surface area contributed by atoms with Crippen LogP contribution in [0.25, 0.3) is 0 Å². The van der Waals surface area contributed by atoms with E-state index in [0.29, 0.717) is 19.1 Å². The largest absolute Gasteiger partial charge is 0.413 e. The quantitative estimate of drug-likeness (QED) is 0.479. The third-order valence-electron chi connectivity index (χ3n) is 5.83. The van der Waals surface area contributed by atoms with Crippen LogP contribution in [0.3, 0.4) is 0 Å². The summed E-state index contributed by atoms with van der Waals surface area (Å²) in [6.45, 7) is 19.3. The molecular formula is C19H38O4Si2. The molecule has 2 heterocycles. The summed E-state index contributed by atoms with van der Waals surface area (Å²) in [4.78, 5) is 0. The van der Waals surface area contributed by atoms with Crippen LogP contribution < -0.4 is 0 Å². The average Bonchev–Trinajstić information content (AvgIpc) is 2.76. The molecule has 0 saturated carbocycles. The Bertz CT molecular complexity index is 471. The van der Waals surface area contributed by atoms with Gasteiger partial charge in [0.15, 0.2) is 22.9 Å². The summed E-state index contributed by atoms with van der Waals surface area (Å²) in [6, 6.07) is 1.20. The zero-order valence-corrected chi connectivity index (χ0v) is 19.4. The summed E-state index contributed by atoms with van der Waals surface area (Å²) >= 11 is 0. The van der Waals surface area contributed by atoms with E-state index in [9.17, 15) is 0 Å². The molecular weight excluding hydrogens is 348 g/mol. The molecule has 0 N–H and O–H groups in total. The number of rotatable bonds is 6.